The molecule has 3 aromatic rings. The van der Waals surface area contributed by atoms with E-state index in [9.17, 15) is 9.50 Å². The molecule has 1 aromatic carbocycles. The highest BCUT2D eigenvalue weighted by Gasteiger charge is 2.19. The van der Waals surface area contributed by atoms with Crippen molar-refractivity contribution in [2.45, 2.75) is 13.8 Å². The molecule has 0 aliphatic carbocycles. The van der Waals surface area contributed by atoms with E-state index < -0.39 is 0 Å². The van der Waals surface area contributed by atoms with Crippen molar-refractivity contribution in [2.75, 3.05) is 25.1 Å². The largest absolute Gasteiger partial charge is 0.395 e. The number of aromatic nitrogens is 2. The molecule has 2 heterocycles. The van der Waals surface area contributed by atoms with Crippen LogP contribution in [0.15, 0.2) is 24.3 Å². The fraction of sp³-hybridized carbons (Fsp3) is 0.294. The maximum absolute atomic E-state index is 13.2. The van der Waals surface area contributed by atoms with Crippen molar-refractivity contribution >= 4 is 27.4 Å². The standard InChI is InChI=1S/C17H18FN3OS/c1-10-14(12-4-6-13(18)7-5-12)15-16(21(3)8-9-22)19-11(2)20-17(15)23-10/h4-7,22H,8-9H2,1-3H3. The lowest BCUT2D eigenvalue weighted by Crippen LogP contribution is -2.23. The molecule has 3 rings (SSSR count). The van der Waals surface area contributed by atoms with Crippen LogP contribution in [0.3, 0.4) is 0 Å². The number of aliphatic hydroxyl groups excluding tert-OH is 1. The Kier molecular flexibility index (Phi) is 4.28. The van der Waals surface area contributed by atoms with E-state index in [2.05, 4.69) is 9.97 Å². The average molecular weight is 331 g/mol. The monoisotopic (exact) mass is 331 g/mol. The molecule has 0 bridgehead atoms. The number of halogens is 1. The normalized spacial score (nSPS) is 11.2. The number of rotatable bonds is 4. The van der Waals surface area contributed by atoms with Crippen molar-refractivity contribution < 1.29 is 9.50 Å². The molecule has 0 spiro atoms. The Morgan fingerprint density at radius 1 is 1.17 bits per heavy atom. The van der Waals surface area contributed by atoms with Gasteiger partial charge in [-0.2, -0.15) is 0 Å². The summed E-state index contributed by atoms with van der Waals surface area (Å²) in [5, 5.41) is 10.2. The van der Waals surface area contributed by atoms with E-state index in [1.54, 1.807) is 23.5 Å². The van der Waals surface area contributed by atoms with Gasteiger partial charge in [0.25, 0.3) is 0 Å². The molecule has 0 unspecified atom stereocenters. The number of hydrogen-bond acceptors (Lipinski definition) is 5. The third kappa shape index (κ3) is 2.92. The summed E-state index contributed by atoms with van der Waals surface area (Å²) in [5.41, 5.74) is 1.98. The number of nitrogens with zero attached hydrogens (tertiary/aromatic N) is 3. The first-order valence-electron chi connectivity index (χ1n) is 7.37. The summed E-state index contributed by atoms with van der Waals surface area (Å²) < 4.78 is 13.2. The van der Waals surface area contributed by atoms with Crippen molar-refractivity contribution in [3.05, 3.63) is 40.8 Å². The zero-order valence-electron chi connectivity index (χ0n) is 13.3. The molecule has 0 saturated carbocycles. The number of benzene rings is 1. The number of anilines is 1. The Hall–Kier alpha value is -2.05. The van der Waals surface area contributed by atoms with E-state index in [0.717, 1.165) is 32.0 Å². The van der Waals surface area contributed by atoms with Crippen LogP contribution in [-0.4, -0.2) is 35.3 Å². The van der Waals surface area contributed by atoms with Crippen LogP contribution in [0.1, 0.15) is 10.7 Å². The van der Waals surface area contributed by atoms with Crippen LogP contribution in [0, 0.1) is 19.7 Å². The molecule has 1 N–H and O–H groups in total. The van der Waals surface area contributed by atoms with Gasteiger partial charge in [-0.3, -0.25) is 0 Å². The first-order valence-corrected chi connectivity index (χ1v) is 8.18. The van der Waals surface area contributed by atoms with Gasteiger partial charge in [-0.15, -0.1) is 11.3 Å². The zero-order chi connectivity index (χ0) is 16.6. The van der Waals surface area contributed by atoms with Gasteiger partial charge in [0.1, 0.15) is 22.3 Å². The maximum Gasteiger partial charge on any atom is 0.141 e. The molecule has 6 heteroatoms. The molecule has 0 aliphatic rings. The lowest BCUT2D eigenvalue weighted by Gasteiger charge is -2.19. The van der Waals surface area contributed by atoms with Gasteiger partial charge >= 0.3 is 0 Å². The number of aliphatic hydroxyl groups is 1. The van der Waals surface area contributed by atoms with Crippen LogP contribution < -0.4 is 4.90 Å². The number of hydrogen-bond donors (Lipinski definition) is 1. The molecule has 0 atom stereocenters. The quantitative estimate of drug-likeness (QED) is 0.794. The van der Waals surface area contributed by atoms with Crippen LogP contribution in [0.25, 0.3) is 21.3 Å². The van der Waals surface area contributed by atoms with Crippen molar-refractivity contribution in [1.82, 2.24) is 9.97 Å². The Labute approximate surface area is 138 Å². The third-order valence-electron chi connectivity index (χ3n) is 3.75. The van der Waals surface area contributed by atoms with Crippen molar-refractivity contribution in [2.24, 2.45) is 0 Å². The first-order chi connectivity index (χ1) is 11.0. The summed E-state index contributed by atoms with van der Waals surface area (Å²) in [6, 6.07) is 6.48. The van der Waals surface area contributed by atoms with Gasteiger partial charge in [-0.1, -0.05) is 12.1 Å². The van der Waals surface area contributed by atoms with Gasteiger partial charge in [0.15, 0.2) is 0 Å². The second-order valence-corrected chi connectivity index (χ2v) is 6.66. The molecule has 120 valence electrons. The summed E-state index contributed by atoms with van der Waals surface area (Å²) >= 11 is 1.61. The van der Waals surface area contributed by atoms with Gasteiger partial charge < -0.3 is 10.0 Å². The molecule has 23 heavy (non-hydrogen) atoms. The van der Waals surface area contributed by atoms with Gasteiger partial charge in [0, 0.05) is 24.0 Å². The van der Waals surface area contributed by atoms with Gasteiger partial charge in [-0.25, -0.2) is 14.4 Å². The molecule has 2 aromatic heterocycles. The highest BCUT2D eigenvalue weighted by molar-refractivity contribution is 7.19. The number of fused-ring (bicyclic) bond motifs is 1. The van der Waals surface area contributed by atoms with Gasteiger partial charge in [0.2, 0.25) is 0 Å². The highest BCUT2D eigenvalue weighted by atomic mass is 32.1. The first kappa shape index (κ1) is 15.8. The Morgan fingerprint density at radius 2 is 1.87 bits per heavy atom. The topological polar surface area (TPSA) is 49.2 Å². The Morgan fingerprint density at radius 3 is 2.52 bits per heavy atom. The smallest absolute Gasteiger partial charge is 0.141 e. The SMILES string of the molecule is Cc1nc(N(C)CCO)c2c(-c3ccc(F)cc3)c(C)sc2n1. The van der Waals surface area contributed by atoms with Crippen LogP contribution in [0.4, 0.5) is 10.2 Å². The molecule has 0 amide bonds. The predicted octanol–water partition coefficient (Wildman–Crippen LogP) is 3.54. The third-order valence-corrected chi connectivity index (χ3v) is 4.75. The van der Waals surface area contributed by atoms with Crippen molar-refractivity contribution in [3.63, 3.8) is 0 Å². The van der Waals surface area contributed by atoms with E-state index in [0.29, 0.717) is 12.4 Å². The highest BCUT2D eigenvalue weighted by Crippen LogP contribution is 2.41. The molecule has 0 fully saturated rings. The van der Waals surface area contributed by atoms with E-state index in [-0.39, 0.29) is 12.4 Å². The lowest BCUT2D eigenvalue weighted by atomic mass is 10.0. The molecule has 0 radical (unpaired) electrons. The number of thiophene rings is 1. The number of likely N-dealkylation sites (N-methyl/N-ethyl adjacent to an activating group) is 1. The maximum atomic E-state index is 13.2. The lowest BCUT2D eigenvalue weighted by molar-refractivity contribution is 0.304. The molecule has 0 saturated heterocycles. The van der Waals surface area contributed by atoms with E-state index in [4.69, 9.17) is 0 Å². The summed E-state index contributed by atoms with van der Waals surface area (Å²) in [4.78, 5) is 13.1. The summed E-state index contributed by atoms with van der Waals surface area (Å²) in [6.07, 6.45) is 0. The van der Waals surface area contributed by atoms with Crippen LogP contribution in [-0.2, 0) is 0 Å². The number of aryl methyl sites for hydroxylation is 2. The Balaban J connectivity index is 2.29. The molecular formula is C17H18FN3OS. The minimum atomic E-state index is -0.254. The summed E-state index contributed by atoms with van der Waals surface area (Å²) in [6.45, 7) is 4.44. The Bertz CT molecular complexity index is 845. The second kappa shape index (κ2) is 6.22. The van der Waals surface area contributed by atoms with Crippen molar-refractivity contribution in [3.8, 4) is 11.1 Å². The minimum absolute atomic E-state index is 0.0516. The van der Waals surface area contributed by atoms with Crippen LogP contribution >= 0.6 is 11.3 Å². The van der Waals surface area contributed by atoms with E-state index in [1.807, 2.05) is 25.8 Å². The summed E-state index contributed by atoms with van der Waals surface area (Å²) in [5.74, 6) is 1.24. The predicted molar refractivity (Wildman–Crippen MR) is 92.6 cm³/mol. The molecule has 4 nitrogen and oxygen atoms in total. The van der Waals surface area contributed by atoms with Crippen LogP contribution in [0.2, 0.25) is 0 Å². The van der Waals surface area contributed by atoms with E-state index >= 15 is 0 Å². The minimum Gasteiger partial charge on any atom is -0.395 e. The second-order valence-electron chi connectivity index (χ2n) is 5.46. The zero-order valence-corrected chi connectivity index (χ0v) is 14.1. The molecule has 0 aliphatic heterocycles. The fourth-order valence-corrected chi connectivity index (χ4v) is 3.78. The van der Waals surface area contributed by atoms with Crippen LogP contribution in [0.5, 0.6) is 0 Å². The fourth-order valence-electron chi connectivity index (χ4n) is 2.69. The average Bonchev–Trinajstić information content (AvgIpc) is 2.83. The van der Waals surface area contributed by atoms with E-state index in [1.165, 1.54) is 12.1 Å². The van der Waals surface area contributed by atoms with Crippen molar-refractivity contribution in [1.29, 1.82) is 0 Å². The van der Waals surface area contributed by atoms with Gasteiger partial charge in [0.05, 0.1) is 12.0 Å². The molecular weight excluding hydrogens is 313 g/mol. The summed E-state index contributed by atoms with van der Waals surface area (Å²) in [7, 11) is 1.90. The van der Waals surface area contributed by atoms with Gasteiger partial charge in [-0.05, 0) is 31.5 Å².